The van der Waals surface area contributed by atoms with Gasteiger partial charge in [-0.25, -0.2) is 4.79 Å². The average molecular weight is 506 g/mol. The van der Waals surface area contributed by atoms with Crippen molar-refractivity contribution in [2.24, 2.45) is 0 Å². The molecule has 3 rings (SSSR count). The van der Waals surface area contributed by atoms with E-state index in [-0.39, 0.29) is 32.0 Å². The van der Waals surface area contributed by atoms with Gasteiger partial charge in [-0.2, -0.15) is 11.8 Å². The summed E-state index contributed by atoms with van der Waals surface area (Å²) < 4.78 is 5.80. The minimum Gasteiger partial charge on any atom is -1.00 e. The van der Waals surface area contributed by atoms with Gasteiger partial charge in [-0.05, 0) is 54.0 Å². The molecule has 3 aromatic carbocycles. The second kappa shape index (κ2) is 14.4. The second-order valence-corrected chi connectivity index (χ2v) is 9.47. The number of rotatable bonds is 11. The third-order valence-corrected chi connectivity index (χ3v) is 6.93. The van der Waals surface area contributed by atoms with Crippen LogP contribution in [0.5, 0.6) is 0 Å². The molecule has 0 aliphatic heterocycles. The first kappa shape index (κ1) is 29.0. The van der Waals surface area contributed by atoms with Gasteiger partial charge in [0.25, 0.3) is 5.91 Å². The maximum absolute atomic E-state index is 13.1. The molecule has 3 aromatic rings. The number of aryl methyl sites for hydroxylation is 1. The van der Waals surface area contributed by atoms with Gasteiger partial charge in [0.1, 0.15) is 6.04 Å². The van der Waals surface area contributed by atoms with Crippen LogP contribution in [0.15, 0.2) is 72.8 Å². The molecule has 2 atom stereocenters. The normalized spacial score (nSPS) is 12.3. The molecule has 0 aliphatic rings. The smallest absolute Gasteiger partial charge is 1.00 e. The maximum Gasteiger partial charge on any atom is 1.00 e. The number of carbonyl (C=O) groups excluding carboxylic acids is 1. The quantitative estimate of drug-likeness (QED) is 0.392. The van der Waals surface area contributed by atoms with Gasteiger partial charge in [-0.15, -0.1) is 0 Å². The van der Waals surface area contributed by atoms with Crippen molar-refractivity contribution in [2.45, 2.75) is 31.2 Å². The Morgan fingerprint density at radius 1 is 1.03 bits per heavy atom. The van der Waals surface area contributed by atoms with Gasteiger partial charge in [-0.1, -0.05) is 72.3 Å². The molecule has 8 heteroatoms. The van der Waals surface area contributed by atoms with Crippen LogP contribution in [0.3, 0.4) is 0 Å². The minimum absolute atomic E-state index is 0. The predicted molar refractivity (Wildman–Crippen MR) is 140 cm³/mol. The molecule has 0 aliphatic carbocycles. The largest absolute Gasteiger partial charge is 1.00 e. The molecular formula is C27H29ClLiNO4S. The van der Waals surface area contributed by atoms with Crippen LogP contribution in [0.4, 0.5) is 0 Å². The Balaban J connectivity index is 0.00000324. The van der Waals surface area contributed by atoms with Crippen LogP contribution >= 0.6 is 23.4 Å². The molecule has 0 bridgehead atoms. The zero-order chi connectivity index (χ0) is 24.5. The number of halogens is 1. The molecule has 35 heavy (non-hydrogen) atoms. The van der Waals surface area contributed by atoms with Crippen LogP contribution in [0.25, 0.3) is 11.1 Å². The molecule has 180 valence electrons. The Kier molecular flexibility index (Phi) is 11.9. The number of nitrogens with one attached hydrogen (secondary N) is 1. The average Bonchev–Trinajstić information content (AvgIpc) is 2.84. The number of ether oxygens (including phenoxy) is 1. The zero-order valence-electron chi connectivity index (χ0n) is 21.2. The third kappa shape index (κ3) is 8.17. The van der Waals surface area contributed by atoms with Crippen molar-refractivity contribution < 1.29 is 39.7 Å². The molecule has 0 saturated carbocycles. The molecule has 0 saturated heterocycles. The summed E-state index contributed by atoms with van der Waals surface area (Å²) in [5.74, 6) is -1.49. The van der Waals surface area contributed by atoms with Crippen LogP contribution in [0, 0.1) is 6.92 Å². The molecule has 0 heterocycles. The number of carboxylic acids is 1. The first-order valence-electron chi connectivity index (χ1n) is 10.9. The van der Waals surface area contributed by atoms with Gasteiger partial charge >= 0.3 is 24.8 Å². The first-order valence-corrected chi connectivity index (χ1v) is 12.6. The van der Waals surface area contributed by atoms with Crippen molar-refractivity contribution in [3.8, 4) is 11.1 Å². The molecule has 2 N–H and O–H groups in total. The fraction of sp³-hybridized carbons (Fsp3) is 0.259. The van der Waals surface area contributed by atoms with E-state index < -0.39 is 17.9 Å². The third-order valence-electron chi connectivity index (χ3n) is 5.56. The van der Waals surface area contributed by atoms with E-state index in [1.54, 1.807) is 18.2 Å². The van der Waals surface area contributed by atoms with Crippen molar-refractivity contribution in [3.63, 3.8) is 0 Å². The molecule has 0 radical (unpaired) electrons. The summed E-state index contributed by atoms with van der Waals surface area (Å²) in [6.45, 7) is 2.66. The first-order chi connectivity index (χ1) is 16.4. The molecule has 0 aromatic heterocycles. The maximum atomic E-state index is 13.1. The van der Waals surface area contributed by atoms with Crippen molar-refractivity contribution >= 4 is 35.2 Å². The van der Waals surface area contributed by atoms with Crippen molar-refractivity contribution in [1.29, 1.82) is 0 Å². The van der Waals surface area contributed by atoms with Gasteiger partial charge < -0.3 is 16.6 Å². The van der Waals surface area contributed by atoms with Crippen molar-refractivity contribution in [2.75, 3.05) is 12.9 Å². The van der Waals surface area contributed by atoms with E-state index in [0.29, 0.717) is 23.8 Å². The fourth-order valence-electron chi connectivity index (χ4n) is 3.66. The zero-order valence-corrected chi connectivity index (χ0v) is 21.7. The number of amides is 1. The van der Waals surface area contributed by atoms with Crippen LogP contribution in [0.1, 0.15) is 29.3 Å². The summed E-state index contributed by atoms with van der Waals surface area (Å²) in [4.78, 5) is 25.1. The van der Waals surface area contributed by atoms with E-state index in [1.807, 2.05) is 67.8 Å². The van der Waals surface area contributed by atoms with Crippen LogP contribution in [-0.2, 0) is 16.1 Å². The Bertz CT molecular complexity index is 1150. The Hall–Kier alpha value is -2.20. The number of thioether (sulfide) groups is 1. The minimum atomic E-state index is -1.08. The van der Waals surface area contributed by atoms with Crippen LogP contribution in [-0.4, -0.2) is 41.1 Å². The van der Waals surface area contributed by atoms with Gasteiger partial charge in [0.15, 0.2) is 0 Å². The monoisotopic (exact) mass is 505 g/mol. The van der Waals surface area contributed by atoms with Crippen molar-refractivity contribution in [1.82, 2.24) is 5.32 Å². The van der Waals surface area contributed by atoms with Crippen LogP contribution < -0.4 is 24.2 Å². The number of hydrogen-bond acceptors (Lipinski definition) is 4. The van der Waals surface area contributed by atoms with Gasteiger partial charge in [-0.3, -0.25) is 4.79 Å². The molecule has 0 spiro atoms. The fourth-order valence-corrected chi connectivity index (χ4v) is 4.47. The van der Waals surface area contributed by atoms with E-state index in [2.05, 4.69) is 5.32 Å². The van der Waals surface area contributed by atoms with E-state index >= 15 is 0 Å². The summed E-state index contributed by atoms with van der Waals surface area (Å²) in [7, 11) is 0. The molecule has 1 amide bonds. The summed E-state index contributed by atoms with van der Waals surface area (Å²) in [5, 5.41) is 13.0. The SMILES string of the molecule is CSC(COCc1ccccc1Cl)CC(NC(=O)c1ccccc1-c1ccccc1C)C(=O)O.[H-].[Li+]. The summed E-state index contributed by atoms with van der Waals surface area (Å²) in [5.41, 5.74) is 4.07. The number of benzene rings is 3. The summed E-state index contributed by atoms with van der Waals surface area (Å²) in [6, 6.07) is 21.4. The number of aliphatic carboxylic acids is 1. The van der Waals surface area contributed by atoms with Crippen molar-refractivity contribution in [3.05, 3.63) is 94.5 Å². The summed E-state index contributed by atoms with van der Waals surface area (Å²) in [6.07, 6.45) is 2.13. The Labute approximate surface area is 229 Å². The van der Waals surface area contributed by atoms with Gasteiger partial charge in [0.05, 0.1) is 13.2 Å². The molecule has 2 unspecified atom stereocenters. The van der Waals surface area contributed by atoms with Crippen LogP contribution in [0.2, 0.25) is 5.02 Å². The molecule has 0 fully saturated rings. The van der Waals surface area contributed by atoms with Gasteiger partial charge in [0, 0.05) is 15.8 Å². The predicted octanol–water partition coefficient (Wildman–Crippen LogP) is 2.95. The van der Waals surface area contributed by atoms with E-state index in [4.69, 9.17) is 16.3 Å². The Morgan fingerprint density at radius 3 is 2.31 bits per heavy atom. The van der Waals surface area contributed by atoms with E-state index in [0.717, 1.165) is 22.3 Å². The molecular weight excluding hydrogens is 477 g/mol. The number of carbonyl (C=O) groups is 2. The topological polar surface area (TPSA) is 75.6 Å². The molecule has 5 nitrogen and oxygen atoms in total. The number of hydrogen-bond donors (Lipinski definition) is 2. The van der Waals surface area contributed by atoms with E-state index in [9.17, 15) is 14.7 Å². The Morgan fingerprint density at radius 2 is 1.66 bits per heavy atom. The van der Waals surface area contributed by atoms with Gasteiger partial charge in [0.2, 0.25) is 0 Å². The standard InChI is InChI=1S/C27H28ClNO4S.Li.H/c1-18-9-3-5-11-21(18)22-12-6-7-13-23(22)26(30)29-25(27(31)32)15-20(34-2)17-33-16-19-10-4-8-14-24(19)28;;/h3-14,20,25H,15-17H2,1-2H3,(H,29,30)(H,31,32);;/q;+1;-1. The number of carboxylic acid groups (broad SMARTS) is 1. The summed E-state index contributed by atoms with van der Waals surface area (Å²) >= 11 is 7.68. The second-order valence-electron chi connectivity index (χ2n) is 7.92. The van der Waals surface area contributed by atoms with E-state index in [1.165, 1.54) is 11.8 Å².